The lowest BCUT2D eigenvalue weighted by molar-refractivity contribution is -0.142. The highest BCUT2D eigenvalue weighted by atomic mass is 16.4. The third-order valence-electron chi connectivity index (χ3n) is 4.11. The van der Waals surface area contributed by atoms with Gasteiger partial charge in [-0.15, -0.1) is 0 Å². The molecule has 0 spiro atoms. The highest BCUT2D eigenvalue weighted by Crippen LogP contribution is 2.21. The molecule has 5 heteroatoms. The molecule has 5 nitrogen and oxygen atoms in total. The van der Waals surface area contributed by atoms with E-state index in [0.717, 1.165) is 38.6 Å². The first-order chi connectivity index (χ1) is 9.47. The van der Waals surface area contributed by atoms with Crippen LogP contribution in [-0.4, -0.2) is 60.0 Å². The zero-order valence-corrected chi connectivity index (χ0v) is 13.0. The quantitative estimate of drug-likeness (QED) is 0.738. The topological polar surface area (TPSA) is 60.9 Å². The van der Waals surface area contributed by atoms with E-state index in [2.05, 4.69) is 11.8 Å². The molecule has 1 N–H and O–H groups in total. The summed E-state index contributed by atoms with van der Waals surface area (Å²) in [6, 6.07) is -0.0504. The Bertz CT molecular complexity index is 331. The van der Waals surface area contributed by atoms with Crippen molar-refractivity contribution in [3.05, 3.63) is 0 Å². The number of nitrogens with zero attached hydrogens (tertiary/aromatic N) is 2. The van der Waals surface area contributed by atoms with Gasteiger partial charge in [0.05, 0.1) is 12.0 Å². The molecule has 0 aromatic carbocycles. The average Bonchev–Trinajstić information content (AvgIpc) is 2.85. The SMILES string of the molecule is CCCCC(CCN1CCC[C@H]1C(=O)N(C)C)C(=O)O. The van der Waals surface area contributed by atoms with E-state index < -0.39 is 5.97 Å². The summed E-state index contributed by atoms with van der Waals surface area (Å²) in [4.78, 5) is 27.1. The van der Waals surface area contributed by atoms with Crippen LogP contribution in [0.1, 0.15) is 45.4 Å². The van der Waals surface area contributed by atoms with Crippen LogP contribution in [0, 0.1) is 5.92 Å². The zero-order chi connectivity index (χ0) is 15.1. The van der Waals surface area contributed by atoms with Crippen molar-refractivity contribution in [3.8, 4) is 0 Å². The third kappa shape index (κ3) is 4.78. The van der Waals surface area contributed by atoms with Gasteiger partial charge in [-0.25, -0.2) is 0 Å². The van der Waals surface area contributed by atoms with Gasteiger partial charge >= 0.3 is 5.97 Å². The van der Waals surface area contributed by atoms with E-state index >= 15 is 0 Å². The highest BCUT2D eigenvalue weighted by molar-refractivity contribution is 5.81. The summed E-state index contributed by atoms with van der Waals surface area (Å²) in [6.07, 6.45) is 5.28. The Hall–Kier alpha value is -1.10. The van der Waals surface area contributed by atoms with Crippen molar-refractivity contribution >= 4 is 11.9 Å². The molecular formula is C15H28N2O3. The summed E-state index contributed by atoms with van der Waals surface area (Å²) in [5.41, 5.74) is 0. The first-order valence-corrected chi connectivity index (χ1v) is 7.65. The van der Waals surface area contributed by atoms with E-state index in [0.29, 0.717) is 13.0 Å². The molecule has 0 aromatic rings. The Balaban J connectivity index is 2.49. The number of hydrogen-bond acceptors (Lipinski definition) is 3. The number of carboxylic acid groups (broad SMARTS) is 1. The maximum absolute atomic E-state index is 12.1. The van der Waals surface area contributed by atoms with Gasteiger partial charge in [-0.05, 0) is 38.8 Å². The lowest BCUT2D eigenvalue weighted by Gasteiger charge is -2.27. The minimum atomic E-state index is -0.701. The highest BCUT2D eigenvalue weighted by Gasteiger charge is 2.32. The Morgan fingerprint density at radius 3 is 2.60 bits per heavy atom. The molecule has 1 unspecified atom stereocenters. The summed E-state index contributed by atoms with van der Waals surface area (Å²) < 4.78 is 0. The summed E-state index contributed by atoms with van der Waals surface area (Å²) in [5.74, 6) is -0.832. The molecule has 0 aromatic heterocycles. The molecule has 1 heterocycles. The molecule has 2 atom stereocenters. The van der Waals surface area contributed by atoms with Gasteiger partial charge in [0.1, 0.15) is 0 Å². The molecule has 1 rings (SSSR count). The van der Waals surface area contributed by atoms with Crippen LogP contribution in [-0.2, 0) is 9.59 Å². The largest absolute Gasteiger partial charge is 0.481 e. The van der Waals surface area contributed by atoms with Crippen LogP contribution in [0.15, 0.2) is 0 Å². The van der Waals surface area contributed by atoms with Crippen LogP contribution >= 0.6 is 0 Å². The maximum atomic E-state index is 12.1. The number of likely N-dealkylation sites (N-methyl/N-ethyl adjacent to an activating group) is 1. The molecule has 1 amide bonds. The second kappa shape index (κ2) is 8.25. The second-order valence-corrected chi connectivity index (χ2v) is 5.89. The molecule has 1 saturated heterocycles. The van der Waals surface area contributed by atoms with Crippen molar-refractivity contribution in [2.24, 2.45) is 5.92 Å². The Morgan fingerprint density at radius 2 is 2.05 bits per heavy atom. The number of carboxylic acids is 1. The number of amides is 1. The Morgan fingerprint density at radius 1 is 1.35 bits per heavy atom. The predicted molar refractivity (Wildman–Crippen MR) is 78.6 cm³/mol. The predicted octanol–water partition coefficient (Wildman–Crippen LogP) is 1.82. The van der Waals surface area contributed by atoms with Crippen molar-refractivity contribution in [1.82, 2.24) is 9.80 Å². The van der Waals surface area contributed by atoms with Crippen LogP contribution in [0.25, 0.3) is 0 Å². The van der Waals surface area contributed by atoms with Crippen molar-refractivity contribution in [2.75, 3.05) is 27.2 Å². The summed E-state index contributed by atoms with van der Waals surface area (Å²) in [7, 11) is 3.56. The summed E-state index contributed by atoms with van der Waals surface area (Å²) in [5, 5.41) is 9.24. The number of likely N-dealkylation sites (tertiary alicyclic amines) is 1. The van der Waals surface area contributed by atoms with Gasteiger partial charge in [-0.3, -0.25) is 14.5 Å². The lowest BCUT2D eigenvalue weighted by Crippen LogP contribution is -2.43. The van der Waals surface area contributed by atoms with Crippen LogP contribution in [0.5, 0.6) is 0 Å². The number of carbonyl (C=O) groups excluding carboxylic acids is 1. The molecule has 0 saturated carbocycles. The van der Waals surface area contributed by atoms with Gasteiger partial charge in [0, 0.05) is 14.1 Å². The molecular weight excluding hydrogens is 256 g/mol. The van der Waals surface area contributed by atoms with Crippen LogP contribution in [0.3, 0.4) is 0 Å². The van der Waals surface area contributed by atoms with Crippen LogP contribution < -0.4 is 0 Å². The van der Waals surface area contributed by atoms with Gasteiger partial charge in [-0.1, -0.05) is 19.8 Å². The molecule has 116 valence electrons. The van der Waals surface area contributed by atoms with Crippen molar-refractivity contribution in [2.45, 2.75) is 51.5 Å². The molecule has 0 aliphatic carbocycles. The van der Waals surface area contributed by atoms with Gasteiger partial charge in [0.2, 0.25) is 5.91 Å². The van der Waals surface area contributed by atoms with E-state index in [-0.39, 0.29) is 17.9 Å². The lowest BCUT2D eigenvalue weighted by atomic mass is 9.98. The molecule has 1 fully saturated rings. The molecule has 0 bridgehead atoms. The molecule has 1 aliphatic rings. The first kappa shape index (κ1) is 17.0. The standard InChI is InChI=1S/C15H28N2O3/c1-4-5-7-12(15(19)20)9-11-17-10-6-8-13(17)14(18)16(2)3/h12-13H,4-11H2,1-3H3,(H,19,20)/t12?,13-/m0/s1. The molecule has 0 radical (unpaired) electrons. The van der Waals surface area contributed by atoms with Crippen molar-refractivity contribution in [1.29, 1.82) is 0 Å². The number of aliphatic carboxylic acids is 1. The summed E-state index contributed by atoms with van der Waals surface area (Å²) in [6.45, 7) is 3.69. The Labute approximate surface area is 121 Å². The maximum Gasteiger partial charge on any atom is 0.306 e. The number of unbranched alkanes of at least 4 members (excludes halogenated alkanes) is 1. The van der Waals surface area contributed by atoms with Crippen molar-refractivity contribution < 1.29 is 14.7 Å². The fourth-order valence-corrected chi connectivity index (χ4v) is 2.83. The van der Waals surface area contributed by atoms with Crippen LogP contribution in [0.4, 0.5) is 0 Å². The summed E-state index contributed by atoms with van der Waals surface area (Å²) >= 11 is 0. The second-order valence-electron chi connectivity index (χ2n) is 5.89. The minimum Gasteiger partial charge on any atom is -0.481 e. The van der Waals surface area contributed by atoms with Gasteiger partial charge < -0.3 is 10.0 Å². The minimum absolute atomic E-state index is 0.0504. The number of rotatable bonds is 8. The smallest absolute Gasteiger partial charge is 0.306 e. The fraction of sp³-hybridized carbons (Fsp3) is 0.867. The number of hydrogen-bond donors (Lipinski definition) is 1. The van der Waals surface area contributed by atoms with E-state index in [1.54, 1.807) is 19.0 Å². The average molecular weight is 284 g/mol. The van der Waals surface area contributed by atoms with E-state index in [9.17, 15) is 14.7 Å². The zero-order valence-electron chi connectivity index (χ0n) is 13.0. The van der Waals surface area contributed by atoms with Crippen LogP contribution in [0.2, 0.25) is 0 Å². The van der Waals surface area contributed by atoms with Gasteiger partial charge in [0.25, 0.3) is 0 Å². The van der Waals surface area contributed by atoms with E-state index in [1.807, 2.05) is 0 Å². The molecule has 1 aliphatic heterocycles. The number of carbonyl (C=O) groups is 2. The van der Waals surface area contributed by atoms with E-state index in [1.165, 1.54) is 0 Å². The van der Waals surface area contributed by atoms with Gasteiger partial charge in [0.15, 0.2) is 0 Å². The van der Waals surface area contributed by atoms with Gasteiger partial charge in [-0.2, -0.15) is 0 Å². The van der Waals surface area contributed by atoms with E-state index in [4.69, 9.17) is 0 Å². The normalized spacial score (nSPS) is 20.9. The Kier molecular flexibility index (Phi) is 6.99. The monoisotopic (exact) mass is 284 g/mol. The third-order valence-corrected chi connectivity index (χ3v) is 4.11. The molecule has 20 heavy (non-hydrogen) atoms. The first-order valence-electron chi connectivity index (χ1n) is 7.65. The fourth-order valence-electron chi connectivity index (χ4n) is 2.83. The van der Waals surface area contributed by atoms with Crippen molar-refractivity contribution in [3.63, 3.8) is 0 Å².